The molecule has 1 N–H and O–H groups in total. The van der Waals surface area contributed by atoms with E-state index in [1.807, 2.05) is 62.3 Å². The van der Waals surface area contributed by atoms with Gasteiger partial charge in [-0.15, -0.1) is 0 Å². The summed E-state index contributed by atoms with van der Waals surface area (Å²) in [5.41, 5.74) is -3.40. The van der Waals surface area contributed by atoms with Crippen LogP contribution in [-0.2, 0) is 28.5 Å². The molecule has 0 spiro atoms. The van der Waals surface area contributed by atoms with Gasteiger partial charge in [-0.05, 0) is 149 Å². The molecule has 0 aromatic carbocycles. The highest BCUT2D eigenvalue weighted by atomic mass is 16.7. The van der Waals surface area contributed by atoms with Gasteiger partial charge in [-0.3, -0.25) is 9.59 Å². The molecule has 8 rings (SSSR count). The van der Waals surface area contributed by atoms with E-state index in [2.05, 4.69) is 0 Å². The lowest BCUT2D eigenvalue weighted by molar-refractivity contribution is -0.230. The standard InChI is InChI=1S/C21H34O5.C16H26O3/c1-7-19(5,6)16(22)24-20-9-14-8-15(10-20)12-21(11-14,13-20)26-17(23)25-18(2,3)4;1-4-14(2,3)13(17)19-16-8-11-5-12(9-16)7-15(18,6-11)10-16/h14-15H,7-13H2,1-6H3;11-12,18H,4-10H2,1-3H3. The summed E-state index contributed by atoms with van der Waals surface area (Å²) in [6.07, 6.45) is 11.9. The summed E-state index contributed by atoms with van der Waals surface area (Å²) in [5.74, 6) is 1.81. The van der Waals surface area contributed by atoms with Crippen LogP contribution in [0.5, 0.6) is 0 Å². The van der Waals surface area contributed by atoms with Gasteiger partial charge in [-0.2, -0.15) is 0 Å². The normalized spacial score (nSPS) is 39.5. The average molecular weight is 633 g/mol. The third kappa shape index (κ3) is 7.36. The molecule has 8 aliphatic rings. The molecule has 0 saturated heterocycles. The molecule has 8 nitrogen and oxygen atoms in total. The summed E-state index contributed by atoms with van der Waals surface area (Å²) >= 11 is 0. The van der Waals surface area contributed by atoms with E-state index in [1.54, 1.807) is 0 Å². The van der Waals surface area contributed by atoms with Gasteiger partial charge in [-0.25, -0.2) is 4.79 Å². The molecule has 4 atom stereocenters. The summed E-state index contributed by atoms with van der Waals surface area (Å²) in [6, 6.07) is 0. The Bertz CT molecular complexity index is 1130. The summed E-state index contributed by atoms with van der Waals surface area (Å²) in [4.78, 5) is 37.4. The number of carbonyl (C=O) groups is 3. The molecule has 8 saturated carbocycles. The second kappa shape index (κ2) is 11.4. The summed E-state index contributed by atoms with van der Waals surface area (Å²) in [5, 5.41) is 10.6. The first-order valence-electron chi connectivity index (χ1n) is 17.7. The summed E-state index contributed by atoms with van der Waals surface area (Å²) in [6.45, 7) is 17.3. The van der Waals surface area contributed by atoms with Gasteiger partial charge in [-0.1, -0.05) is 13.8 Å². The number of hydrogen-bond acceptors (Lipinski definition) is 8. The van der Waals surface area contributed by atoms with Crippen molar-refractivity contribution in [2.24, 2.45) is 34.5 Å². The predicted octanol–water partition coefficient (Wildman–Crippen LogP) is 8.06. The van der Waals surface area contributed by atoms with Crippen molar-refractivity contribution in [3.8, 4) is 0 Å². The first kappa shape index (κ1) is 34.5. The lowest BCUT2D eigenvalue weighted by Gasteiger charge is -2.60. The number of hydrogen-bond donors (Lipinski definition) is 1. The molecule has 8 heteroatoms. The SMILES string of the molecule is CCC(C)(C)C(=O)OC12CC3CC(CC(O)(C3)C1)C2.CCC(C)(C)C(=O)OC12CC3CC(CC(OC(=O)OC(C)(C)C)(C3)C1)C2. The zero-order valence-corrected chi connectivity index (χ0v) is 29.5. The van der Waals surface area contributed by atoms with Crippen LogP contribution >= 0.6 is 0 Å². The van der Waals surface area contributed by atoms with Gasteiger partial charge >= 0.3 is 18.1 Å². The number of rotatable bonds is 7. The molecule has 0 aromatic heterocycles. The largest absolute Gasteiger partial charge is 0.509 e. The van der Waals surface area contributed by atoms with Crippen LogP contribution in [0.2, 0.25) is 0 Å². The minimum atomic E-state index is -0.602. The van der Waals surface area contributed by atoms with Crippen molar-refractivity contribution in [2.45, 2.75) is 180 Å². The maximum atomic E-state index is 12.7. The van der Waals surface area contributed by atoms with Crippen molar-refractivity contribution in [3.63, 3.8) is 0 Å². The van der Waals surface area contributed by atoms with E-state index < -0.39 is 39.4 Å². The Balaban J connectivity index is 0.000000186. The third-order valence-corrected chi connectivity index (χ3v) is 12.1. The van der Waals surface area contributed by atoms with Crippen LogP contribution in [0, 0.1) is 34.5 Å². The van der Waals surface area contributed by atoms with Crippen molar-refractivity contribution in [1.29, 1.82) is 0 Å². The predicted molar refractivity (Wildman–Crippen MR) is 170 cm³/mol. The van der Waals surface area contributed by atoms with E-state index >= 15 is 0 Å². The van der Waals surface area contributed by atoms with E-state index in [9.17, 15) is 19.5 Å². The average Bonchev–Trinajstić information content (AvgIpc) is 2.84. The molecule has 8 fully saturated rings. The fourth-order valence-electron chi connectivity index (χ4n) is 9.99. The van der Waals surface area contributed by atoms with E-state index in [0.29, 0.717) is 36.5 Å². The molecular formula is C37H60O8. The van der Waals surface area contributed by atoms with Gasteiger partial charge in [0.2, 0.25) is 0 Å². The Hall–Kier alpha value is -1.83. The van der Waals surface area contributed by atoms with Crippen molar-refractivity contribution in [2.75, 3.05) is 0 Å². The van der Waals surface area contributed by atoms with Crippen molar-refractivity contribution < 1.29 is 38.4 Å². The fourth-order valence-corrected chi connectivity index (χ4v) is 9.99. The van der Waals surface area contributed by atoms with Crippen LogP contribution in [0.15, 0.2) is 0 Å². The molecule has 0 aromatic rings. The lowest BCUT2D eigenvalue weighted by Crippen LogP contribution is -2.62. The van der Waals surface area contributed by atoms with Crippen LogP contribution in [-0.4, -0.2) is 51.2 Å². The summed E-state index contributed by atoms with van der Waals surface area (Å²) < 4.78 is 23.4. The molecule has 0 heterocycles. The van der Waals surface area contributed by atoms with Crippen molar-refractivity contribution >= 4 is 18.1 Å². The Morgan fingerprint density at radius 2 is 0.956 bits per heavy atom. The highest BCUT2D eigenvalue weighted by molar-refractivity contribution is 5.77. The second-order valence-electron chi connectivity index (χ2n) is 18.5. The van der Waals surface area contributed by atoms with Crippen LogP contribution in [0.3, 0.4) is 0 Å². The monoisotopic (exact) mass is 632 g/mol. The maximum Gasteiger partial charge on any atom is 0.509 e. The van der Waals surface area contributed by atoms with E-state index in [-0.39, 0.29) is 17.5 Å². The minimum Gasteiger partial charge on any atom is -0.459 e. The van der Waals surface area contributed by atoms with Gasteiger partial charge in [0.25, 0.3) is 0 Å². The molecule has 0 amide bonds. The van der Waals surface area contributed by atoms with Crippen molar-refractivity contribution in [3.05, 3.63) is 0 Å². The van der Waals surface area contributed by atoms with Crippen LogP contribution in [0.1, 0.15) is 152 Å². The Morgan fingerprint density at radius 3 is 1.31 bits per heavy atom. The number of esters is 2. The highest BCUT2D eigenvalue weighted by Crippen LogP contribution is 2.61. The summed E-state index contributed by atoms with van der Waals surface area (Å²) in [7, 11) is 0. The molecule has 4 unspecified atom stereocenters. The van der Waals surface area contributed by atoms with Crippen LogP contribution in [0.25, 0.3) is 0 Å². The van der Waals surface area contributed by atoms with E-state index in [1.165, 1.54) is 6.42 Å². The maximum absolute atomic E-state index is 12.7. The van der Waals surface area contributed by atoms with Crippen LogP contribution < -0.4 is 0 Å². The smallest absolute Gasteiger partial charge is 0.459 e. The van der Waals surface area contributed by atoms with Crippen LogP contribution in [0.4, 0.5) is 4.79 Å². The lowest BCUT2D eigenvalue weighted by atomic mass is 9.52. The van der Waals surface area contributed by atoms with E-state index in [4.69, 9.17) is 18.9 Å². The minimum absolute atomic E-state index is 0.0828. The van der Waals surface area contributed by atoms with Gasteiger partial charge in [0.15, 0.2) is 0 Å². The Labute approximate surface area is 271 Å². The fraction of sp³-hybridized carbons (Fsp3) is 0.919. The Morgan fingerprint density at radius 1 is 0.600 bits per heavy atom. The second-order valence-corrected chi connectivity index (χ2v) is 18.5. The molecule has 8 bridgehead atoms. The Kier molecular flexibility index (Phi) is 8.74. The zero-order chi connectivity index (χ0) is 33.3. The van der Waals surface area contributed by atoms with Gasteiger partial charge in [0.05, 0.1) is 16.4 Å². The quantitative estimate of drug-likeness (QED) is 0.222. The third-order valence-electron chi connectivity index (χ3n) is 12.1. The zero-order valence-electron chi connectivity index (χ0n) is 29.5. The molecular weight excluding hydrogens is 572 g/mol. The van der Waals surface area contributed by atoms with Crippen molar-refractivity contribution in [1.82, 2.24) is 0 Å². The molecule has 0 aliphatic heterocycles. The number of carbonyl (C=O) groups excluding carboxylic acids is 3. The van der Waals surface area contributed by atoms with Gasteiger partial charge in [0.1, 0.15) is 22.4 Å². The molecule has 0 radical (unpaired) electrons. The van der Waals surface area contributed by atoms with Gasteiger partial charge in [0, 0.05) is 12.8 Å². The van der Waals surface area contributed by atoms with E-state index in [0.717, 1.165) is 70.6 Å². The van der Waals surface area contributed by atoms with Gasteiger partial charge < -0.3 is 24.1 Å². The first-order chi connectivity index (χ1) is 20.6. The number of aliphatic hydroxyl groups is 1. The topological polar surface area (TPSA) is 108 Å². The highest BCUT2D eigenvalue weighted by Gasteiger charge is 2.62. The molecule has 256 valence electrons. The molecule has 8 aliphatic carbocycles. The number of ether oxygens (including phenoxy) is 4. The molecule has 45 heavy (non-hydrogen) atoms. The first-order valence-corrected chi connectivity index (χ1v) is 17.7.